The summed E-state index contributed by atoms with van der Waals surface area (Å²) in [5, 5.41) is 14.3. The van der Waals surface area contributed by atoms with Crippen LogP contribution in [0.1, 0.15) is 15.9 Å². The van der Waals surface area contributed by atoms with Gasteiger partial charge in [0.25, 0.3) is 0 Å². The number of carboxylic acid groups (broad SMARTS) is 1. The van der Waals surface area contributed by atoms with Crippen LogP contribution < -0.4 is 0 Å². The first kappa shape index (κ1) is 15.9. The Morgan fingerprint density at radius 1 is 1.15 bits per heavy atom. The van der Waals surface area contributed by atoms with Crippen molar-refractivity contribution in [2.75, 3.05) is 0 Å². The number of hydrogen-bond donors (Lipinski definition) is 1. The fourth-order valence-corrected chi connectivity index (χ4v) is 2.77. The number of benzene rings is 1. The summed E-state index contributed by atoms with van der Waals surface area (Å²) < 4.78 is 14.8. The molecule has 128 valence electrons. The lowest BCUT2D eigenvalue weighted by atomic mass is 10.1. The smallest absolute Gasteiger partial charge is 0.336 e. The number of nitrogens with zero attached hydrogens (tertiary/aromatic N) is 4. The van der Waals surface area contributed by atoms with Crippen molar-refractivity contribution in [2.24, 2.45) is 0 Å². The number of aromatic carboxylic acids is 1. The third-order valence-corrected chi connectivity index (χ3v) is 4.03. The Morgan fingerprint density at radius 3 is 2.65 bits per heavy atom. The van der Waals surface area contributed by atoms with Crippen LogP contribution in [-0.2, 0) is 6.54 Å². The van der Waals surface area contributed by atoms with Gasteiger partial charge in [-0.15, -0.1) is 0 Å². The molecule has 0 aliphatic carbocycles. The van der Waals surface area contributed by atoms with Crippen LogP contribution in [0.2, 0.25) is 0 Å². The second-order valence-corrected chi connectivity index (χ2v) is 5.77. The monoisotopic (exact) mass is 348 g/mol. The first-order valence-corrected chi connectivity index (χ1v) is 7.86. The Kier molecular flexibility index (Phi) is 3.89. The van der Waals surface area contributed by atoms with E-state index in [9.17, 15) is 14.3 Å². The molecular formula is C19H13FN4O2. The summed E-state index contributed by atoms with van der Waals surface area (Å²) in [6.07, 6.45) is 4.89. The fraction of sp³-hybridized carbons (Fsp3) is 0.0526. The maximum absolute atomic E-state index is 13.2. The third kappa shape index (κ3) is 2.90. The SMILES string of the molecule is O=C(O)c1cc(-c2ccc(F)cc2)nc2c1cnn2Cc1cccnc1. The number of fused-ring (bicyclic) bond motifs is 1. The lowest BCUT2D eigenvalue weighted by molar-refractivity contribution is 0.0699. The molecule has 0 amide bonds. The summed E-state index contributed by atoms with van der Waals surface area (Å²) >= 11 is 0. The van der Waals surface area contributed by atoms with Crippen molar-refractivity contribution in [3.05, 3.63) is 78.0 Å². The third-order valence-electron chi connectivity index (χ3n) is 4.03. The standard InChI is InChI=1S/C19H13FN4O2/c20-14-5-3-13(4-6-14)17-8-15(19(25)26)16-10-22-24(18(16)23-17)11-12-2-1-7-21-9-12/h1-10H,11H2,(H,25,26). The van der Waals surface area contributed by atoms with Crippen LogP contribution in [-0.4, -0.2) is 30.8 Å². The summed E-state index contributed by atoms with van der Waals surface area (Å²) in [5.74, 6) is -1.43. The lowest BCUT2D eigenvalue weighted by Crippen LogP contribution is -2.05. The van der Waals surface area contributed by atoms with E-state index in [0.717, 1.165) is 5.56 Å². The van der Waals surface area contributed by atoms with E-state index in [4.69, 9.17) is 0 Å². The molecule has 6 nitrogen and oxygen atoms in total. The highest BCUT2D eigenvalue weighted by Gasteiger charge is 2.17. The normalized spacial score (nSPS) is 11.0. The minimum Gasteiger partial charge on any atom is -0.478 e. The Morgan fingerprint density at radius 2 is 1.96 bits per heavy atom. The molecule has 4 rings (SSSR count). The summed E-state index contributed by atoms with van der Waals surface area (Å²) in [6.45, 7) is 0.413. The van der Waals surface area contributed by atoms with Gasteiger partial charge in [-0.1, -0.05) is 6.07 Å². The van der Waals surface area contributed by atoms with Crippen molar-refractivity contribution in [3.8, 4) is 11.3 Å². The molecule has 0 aliphatic heterocycles. The Labute approximate surface area is 147 Å². The highest BCUT2D eigenvalue weighted by atomic mass is 19.1. The minimum atomic E-state index is -1.07. The Balaban J connectivity index is 1.87. The van der Waals surface area contributed by atoms with Gasteiger partial charge in [0.1, 0.15) is 5.82 Å². The van der Waals surface area contributed by atoms with Crippen molar-refractivity contribution < 1.29 is 14.3 Å². The number of halogens is 1. The van der Waals surface area contributed by atoms with Crippen molar-refractivity contribution in [1.82, 2.24) is 19.7 Å². The summed E-state index contributed by atoms with van der Waals surface area (Å²) in [7, 11) is 0. The lowest BCUT2D eigenvalue weighted by Gasteiger charge is -2.07. The van der Waals surface area contributed by atoms with Gasteiger partial charge in [-0.25, -0.2) is 18.9 Å². The average molecular weight is 348 g/mol. The van der Waals surface area contributed by atoms with Crippen LogP contribution in [0.3, 0.4) is 0 Å². The van der Waals surface area contributed by atoms with Crippen molar-refractivity contribution >= 4 is 17.0 Å². The Bertz CT molecular complexity index is 1090. The molecule has 0 bridgehead atoms. The summed E-state index contributed by atoms with van der Waals surface area (Å²) in [6, 6.07) is 11.0. The molecule has 0 atom stereocenters. The summed E-state index contributed by atoms with van der Waals surface area (Å²) in [4.78, 5) is 20.3. The molecule has 3 heterocycles. The molecule has 0 saturated heterocycles. The molecule has 1 N–H and O–H groups in total. The van der Waals surface area contributed by atoms with E-state index < -0.39 is 5.97 Å². The van der Waals surface area contributed by atoms with E-state index in [0.29, 0.717) is 28.8 Å². The number of aromatic nitrogens is 4. The van der Waals surface area contributed by atoms with E-state index in [1.807, 2.05) is 12.1 Å². The fourth-order valence-electron chi connectivity index (χ4n) is 2.77. The molecular weight excluding hydrogens is 335 g/mol. The van der Waals surface area contributed by atoms with Gasteiger partial charge in [0, 0.05) is 18.0 Å². The largest absolute Gasteiger partial charge is 0.478 e. The number of pyridine rings is 2. The number of rotatable bonds is 4. The van der Waals surface area contributed by atoms with Crippen molar-refractivity contribution in [3.63, 3.8) is 0 Å². The first-order valence-electron chi connectivity index (χ1n) is 7.86. The van der Waals surface area contributed by atoms with E-state index >= 15 is 0 Å². The van der Waals surface area contributed by atoms with E-state index in [2.05, 4.69) is 15.1 Å². The highest BCUT2D eigenvalue weighted by Crippen LogP contribution is 2.25. The van der Waals surface area contributed by atoms with Crippen LogP contribution in [0, 0.1) is 5.82 Å². The van der Waals surface area contributed by atoms with Crippen molar-refractivity contribution in [2.45, 2.75) is 6.54 Å². The molecule has 1 aromatic carbocycles. The zero-order valence-electron chi connectivity index (χ0n) is 13.5. The molecule has 0 spiro atoms. The van der Waals surface area contributed by atoms with Gasteiger partial charge in [-0.05, 0) is 42.0 Å². The van der Waals surface area contributed by atoms with Gasteiger partial charge in [0.05, 0.1) is 29.4 Å². The van der Waals surface area contributed by atoms with Crippen LogP contribution in [0.4, 0.5) is 4.39 Å². The van der Waals surface area contributed by atoms with Crippen LogP contribution in [0.25, 0.3) is 22.3 Å². The summed E-state index contributed by atoms with van der Waals surface area (Å²) in [5.41, 5.74) is 2.55. The highest BCUT2D eigenvalue weighted by molar-refractivity contribution is 6.02. The molecule has 0 saturated carbocycles. The van der Waals surface area contributed by atoms with Crippen molar-refractivity contribution in [1.29, 1.82) is 0 Å². The molecule has 7 heteroatoms. The number of hydrogen-bond acceptors (Lipinski definition) is 4. The van der Waals surface area contributed by atoms with Crippen LogP contribution in [0.5, 0.6) is 0 Å². The molecule has 0 fully saturated rings. The van der Waals surface area contributed by atoms with Gasteiger partial charge in [0.15, 0.2) is 5.65 Å². The van der Waals surface area contributed by atoms with Crippen LogP contribution >= 0.6 is 0 Å². The zero-order valence-corrected chi connectivity index (χ0v) is 13.5. The molecule has 4 aromatic rings. The van der Waals surface area contributed by atoms with E-state index in [1.165, 1.54) is 24.4 Å². The molecule has 0 unspecified atom stereocenters. The van der Waals surface area contributed by atoms with Gasteiger partial charge in [-0.3, -0.25) is 4.98 Å². The quantitative estimate of drug-likeness (QED) is 0.611. The van der Waals surface area contributed by atoms with E-state index in [1.54, 1.807) is 29.2 Å². The average Bonchev–Trinajstić information content (AvgIpc) is 3.05. The first-order chi connectivity index (χ1) is 12.6. The maximum atomic E-state index is 13.2. The maximum Gasteiger partial charge on any atom is 0.336 e. The molecule has 3 aromatic heterocycles. The van der Waals surface area contributed by atoms with Gasteiger partial charge in [0.2, 0.25) is 0 Å². The zero-order chi connectivity index (χ0) is 18.1. The second-order valence-electron chi connectivity index (χ2n) is 5.77. The van der Waals surface area contributed by atoms with Gasteiger partial charge in [-0.2, -0.15) is 5.10 Å². The number of carbonyl (C=O) groups is 1. The second kappa shape index (κ2) is 6.36. The Hall–Kier alpha value is -3.61. The van der Waals surface area contributed by atoms with E-state index in [-0.39, 0.29) is 11.4 Å². The minimum absolute atomic E-state index is 0.103. The van der Waals surface area contributed by atoms with Gasteiger partial charge < -0.3 is 5.11 Å². The molecule has 26 heavy (non-hydrogen) atoms. The molecule has 0 aliphatic rings. The molecule has 0 radical (unpaired) electrons. The predicted octanol–water partition coefficient (Wildman–Crippen LogP) is 3.38. The number of carboxylic acids is 1. The predicted molar refractivity (Wildman–Crippen MR) is 93.2 cm³/mol. The van der Waals surface area contributed by atoms with Gasteiger partial charge >= 0.3 is 5.97 Å². The topological polar surface area (TPSA) is 80.9 Å². The van der Waals surface area contributed by atoms with Crippen LogP contribution in [0.15, 0.2) is 61.1 Å².